The van der Waals surface area contributed by atoms with Gasteiger partial charge in [0.2, 0.25) is 11.6 Å². The highest BCUT2D eigenvalue weighted by atomic mass is 16.2. The number of carbonyl (C=O) groups is 2. The molecule has 0 saturated carbocycles. The van der Waals surface area contributed by atoms with E-state index < -0.39 is 23.7 Å². The molecule has 0 saturated heterocycles. The van der Waals surface area contributed by atoms with E-state index in [1.54, 1.807) is 0 Å². The van der Waals surface area contributed by atoms with E-state index in [2.05, 4.69) is 0 Å². The molecule has 6 N–H and O–H groups in total. The van der Waals surface area contributed by atoms with Crippen LogP contribution in [0, 0.1) is 0 Å². The fourth-order valence-corrected chi connectivity index (χ4v) is 1.05. The van der Waals surface area contributed by atoms with E-state index in [0.29, 0.717) is 13.0 Å². The zero-order valence-corrected chi connectivity index (χ0v) is 8.53. The Morgan fingerprint density at radius 1 is 1.14 bits per heavy atom. The molecule has 0 amide bonds. The van der Waals surface area contributed by atoms with Gasteiger partial charge in [0.1, 0.15) is 0 Å². The molecule has 0 unspecified atom stereocenters. The Morgan fingerprint density at radius 2 is 1.71 bits per heavy atom. The first kappa shape index (κ1) is 13.2. The highest BCUT2D eigenvalue weighted by Crippen LogP contribution is 2.00. The second kappa shape index (κ2) is 6.64. The summed E-state index contributed by atoms with van der Waals surface area (Å²) in [6.07, 6.45) is 2.07. The molecule has 5 nitrogen and oxygen atoms in total. The predicted octanol–water partition coefficient (Wildman–Crippen LogP) is -1.07. The Labute approximate surface area is 84.0 Å². The fraction of sp³-hybridized carbons (Fsp3) is 0.778. The summed E-state index contributed by atoms with van der Waals surface area (Å²) in [4.78, 5) is 22.4. The van der Waals surface area contributed by atoms with Crippen molar-refractivity contribution in [1.82, 2.24) is 0 Å². The largest absolute Gasteiger partial charge is 0.330 e. The van der Waals surface area contributed by atoms with E-state index >= 15 is 0 Å². The van der Waals surface area contributed by atoms with E-state index in [1.165, 1.54) is 6.92 Å². The van der Waals surface area contributed by atoms with Crippen molar-refractivity contribution in [2.45, 2.75) is 38.3 Å². The second-order valence-electron chi connectivity index (χ2n) is 3.41. The van der Waals surface area contributed by atoms with Crippen molar-refractivity contribution in [3.8, 4) is 0 Å². The molecule has 0 aliphatic heterocycles. The smallest absolute Gasteiger partial charge is 0.216 e. The molecule has 0 aromatic heterocycles. The zero-order valence-electron chi connectivity index (χ0n) is 8.53. The molecule has 5 heteroatoms. The van der Waals surface area contributed by atoms with Gasteiger partial charge in [0, 0.05) is 0 Å². The maximum Gasteiger partial charge on any atom is 0.216 e. The minimum atomic E-state index is -0.761. The molecule has 2 atom stereocenters. The molecule has 14 heavy (non-hydrogen) atoms. The van der Waals surface area contributed by atoms with Crippen LogP contribution in [0.1, 0.15) is 26.2 Å². The van der Waals surface area contributed by atoms with Crippen LogP contribution < -0.4 is 17.2 Å². The highest BCUT2D eigenvalue weighted by molar-refractivity contribution is 6.40. The minimum Gasteiger partial charge on any atom is -0.330 e. The number of Topliss-reactive ketones (excluding diaryl/α,β-unsaturated/α-hetero) is 2. The van der Waals surface area contributed by atoms with Gasteiger partial charge >= 0.3 is 0 Å². The third-order valence-electron chi connectivity index (χ3n) is 1.96. The molecule has 0 heterocycles. The summed E-state index contributed by atoms with van der Waals surface area (Å²) in [7, 11) is 0. The van der Waals surface area contributed by atoms with Crippen molar-refractivity contribution in [3.63, 3.8) is 0 Å². The van der Waals surface area contributed by atoms with Crippen molar-refractivity contribution in [1.29, 1.82) is 0 Å². The van der Waals surface area contributed by atoms with Crippen LogP contribution in [0.3, 0.4) is 0 Å². The molecule has 0 aromatic carbocycles. The predicted molar refractivity (Wildman–Crippen MR) is 54.5 cm³/mol. The van der Waals surface area contributed by atoms with E-state index in [-0.39, 0.29) is 0 Å². The summed E-state index contributed by atoms with van der Waals surface area (Å²) < 4.78 is 0. The van der Waals surface area contributed by atoms with E-state index in [1.807, 2.05) is 0 Å². The molecule has 0 fully saturated rings. The number of hydrogen-bond donors (Lipinski definition) is 3. The van der Waals surface area contributed by atoms with Crippen LogP contribution in [-0.2, 0) is 9.59 Å². The average Bonchev–Trinajstić information content (AvgIpc) is 2.15. The quantitative estimate of drug-likeness (QED) is 0.358. The molecular weight excluding hydrogens is 182 g/mol. The van der Waals surface area contributed by atoms with Gasteiger partial charge in [-0.05, 0) is 26.3 Å². The van der Waals surface area contributed by atoms with Gasteiger partial charge in [-0.3, -0.25) is 9.59 Å². The minimum absolute atomic E-state index is 0.495. The zero-order chi connectivity index (χ0) is 11.1. The molecule has 0 bridgehead atoms. The van der Waals surface area contributed by atoms with Crippen LogP contribution in [0.2, 0.25) is 0 Å². The maximum atomic E-state index is 11.3. The van der Waals surface area contributed by atoms with Crippen LogP contribution in [-0.4, -0.2) is 30.2 Å². The van der Waals surface area contributed by atoms with Crippen LogP contribution in [0.15, 0.2) is 0 Å². The lowest BCUT2D eigenvalue weighted by atomic mass is 10.0. The van der Waals surface area contributed by atoms with E-state index in [0.717, 1.165) is 12.8 Å². The first-order chi connectivity index (χ1) is 6.50. The van der Waals surface area contributed by atoms with Crippen molar-refractivity contribution < 1.29 is 9.59 Å². The summed E-state index contributed by atoms with van der Waals surface area (Å²) in [5, 5.41) is 0. The first-order valence-electron chi connectivity index (χ1n) is 4.80. The number of hydrogen-bond acceptors (Lipinski definition) is 5. The van der Waals surface area contributed by atoms with Gasteiger partial charge in [-0.1, -0.05) is 6.42 Å². The summed E-state index contributed by atoms with van der Waals surface area (Å²) in [6.45, 7) is 2.05. The third-order valence-corrected chi connectivity index (χ3v) is 1.96. The van der Waals surface area contributed by atoms with Crippen LogP contribution in [0.4, 0.5) is 0 Å². The highest BCUT2D eigenvalue weighted by Gasteiger charge is 2.23. The third kappa shape index (κ3) is 4.45. The van der Waals surface area contributed by atoms with Gasteiger partial charge in [-0.2, -0.15) is 0 Å². The van der Waals surface area contributed by atoms with E-state index in [4.69, 9.17) is 17.2 Å². The number of ketones is 2. The van der Waals surface area contributed by atoms with Gasteiger partial charge in [0.05, 0.1) is 12.1 Å². The number of unbranched alkanes of at least 4 members (excludes halogenated alkanes) is 1. The van der Waals surface area contributed by atoms with Crippen molar-refractivity contribution >= 4 is 11.6 Å². The standard InChI is InChI=1S/C9H19N3O2/c1-6(11)8(13)9(14)7(12)4-2-3-5-10/h6-7H,2-5,10-12H2,1H3/t6-,7+/m1/s1. The van der Waals surface area contributed by atoms with Crippen molar-refractivity contribution in [3.05, 3.63) is 0 Å². The van der Waals surface area contributed by atoms with Crippen molar-refractivity contribution in [2.24, 2.45) is 17.2 Å². The molecular formula is C9H19N3O2. The number of carbonyl (C=O) groups excluding carboxylic acids is 2. The number of nitrogens with two attached hydrogens (primary N) is 3. The Kier molecular flexibility index (Phi) is 6.27. The van der Waals surface area contributed by atoms with Gasteiger partial charge in [-0.25, -0.2) is 0 Å². The fourth-order valence-electron chi connectivity index (χ4n) is 1.05. The number of rotatable bonds is 7. The van der Waals surface area contributed by atoms with Crippen LogP contribution in [0.5, 0.6) is 0 Å². The Hall–Kier alpha value is -0.780. The van der Waals surface area contributed by atoms with Crippen LogP contribution >= 0.6 is 0 Å². The molecule has 0 aliphatic rings. The second-order valence-corrected chi connectivity index (χ2v) is 3.41. The summed E-state index contributed by atoms with van der Waals surface area (Å²) >= 11 is 0. The lowest BCUT2D eigenvalue weighted by Crippen LogP contribution is -2.43. The van der Waals surface area contributed by atoms with Gasteiger partial charge in [0.25, 0.3) is 0 Å². The SMILES string of the molecule is C[C@@H](N)C(=O)C(=O)[C@@H](N)CCCCN. The summed E-state index contributed by atoms with van der Waals surface area (Å²) in [5.74, 6) is -1.16. The summed E-state index contributed by atoms with van der Waals surface area (Å²) in [5.41, 5.74) is 16.1. The van der Waals surface area contributed by atoms with Gasteiger partial charge < -0.3 is 17.2 Å². The first-order valence-corrected chi connectivity index (χ1v) is 4.80. The van der Waals surface area contributed by atoms with Gasteiger partial charge in [-0.15, -0.1) is 0 Å². The Bertz CT molecular complexity index is 204. The maximum absolute atomic E-state index is 11.3. The molecule has 0 radical (unpaired) electrons. The van der Waals surface area contributed by atoms with Crippen molar-refractivity contribution in [2.75, 3.05) is 6.54 Å². The molecule has 0 rings (SSSR count). The average molecular weight is 201 g/mol. The topological polar surface area (TPSA) is 112 Å². The molecule has 0 spiro atoms. The Morgan fingerprint density at radius 3 is 2.14 bits per heavy atom. The lowest BCUT2D eigenvalue weighted by Gasteiger charge is -2.10. The van der Waals surface area contributed by atoms with E-state index in [9.17, 15) is 9.59 Å². The normalized spacial score (nSPS) is 14.9. The van der Waals surface area contributed by atoms with Crippen LogP contribution in [0.25, 0.3) is 0 Å². The monoisotopic (exact) mass is 201 g/mol. The summed E-state index contributed by atoms with van der Waals surface area (Å²) in [6, 6.07) is -1.48. The molecule has 82 valence electrons. The lowest BCUT2D eigenvalue weighted by molar-refractivity contribution is -0.137. The molecule has 0 aromatic rings. The van der Waals surface area contributed by atoms with Gasteiger partial charge in [0.15, 0.2) is 0 Å². The Balaban J connectivity index is 3.93. The molecule has 0 aliphatic carbocycles.